The first-order chi connectivity index (χ1) is 14.4. The smallest absolute Gasteiger partial charge is 0.130 e. The largest absolute Gasteiger partial charge is 0.457 e. The molecule has 5 nitrogen and oxygen atoms in total. The van der Waals surface area contributed by atoms with Crippen molar-refractivity contribution in [3.8, 4) is 12.1 Å². The maximum absolute atomic E-state index is 8.75. The molecule has 0 bridgehead atoms. The zero-order chi connectivity index (χ0) is 21.9. The highest BCUT2D eigenvalue weighted by Crippen LogP contribution is 2.22. The van der Waals surface area contributed by atoms with Crippen LogP contribution in [0.15, 0.2) is 80.8 Å². The lowest BCUT2D eigenvalue weighted by Gasteiger charge is -1.97. The molecule has 0 aliphatic carbocycles. The second kappa shape index (κ2) is 10.9. The number of hydrogen-bond donors (Lipinski definition) is 1. The lowest BCUT2D eigenvalue weighted by molar-refractivity contribution is 0.542. The van der Waals surface area contributed by atoms with E-state index in [-0.39, 0.29) is 5.70 Å². The monoisotopic (exact) mass is 397 g/mol. The van der Waals surface area contributed by atoms with Crippen LogP contribution in [0.5, 0.6) is 0 Å². The molecule has 0 atom stereocenters. The van der Waals surface area contributed by atoms with Crippen molar-refractivity contribution in [1.82, 2.24) is 0 Å². The highest BCUT2D eigenvalue weighted by atomic mass is 16.3. The quantitative estimate of drug-likeness (QED) is 0.440. The van der Waals surface area contributed by atoms with Crippen molar-refractivity contribution in [2.45, 2.75) is 20.8 Å². The number of nitrogens with two attached hydrogens (primary N) is 1. The van der Waals surface area contributed by atoms with Crippen LogP contribution >= 0.6 is 0 Å². The molecule has 0 fully saturated rings. The molecule has 0 saturated heterocycles. The van der Waals surface area contributed by atoms with Gasteiger partial charge in [-0.25, -0.2) is 0 Å². The van der Waals surface area contributed by atoms with Crippen LogP contribution in [-0.2, 0) is 0 Å². The van der Waals surface area contributed by atoms with E-state index >= 15 is 0 Å². The fraction of sp³-hybridized carbons (Fsp3) is 0.120. The van der Waals surface area contributed by atoms with E-state index in [4.69, 9.17) is 25.1 Å². The molecule has 0 saturated carbocycles. The molecule has 0 aliphatic heterocycles. The normalized spacial score (nSPS) is 13.8. The molecule has 0 amide bonds. The summed E-state index contributed by atoms with van der Waals surface area (Å²) in [6.07, 6.45) is 14.2. The minimum absolute atomic E-state index is 0.139. The highest BCUT2D eigenvalue weighted by molar-refractivity contribution is 5.69. The summed E-state index contributed by atoms with van der Waals surface area (Å²) in [7, 11) is 0. The van der Waals surface area contributed by atoms with Gasteiger partial charge >= 0.3 is 0 Å². The van der Waals surface area contributed by atoms with Crippen LogP contribution in [0.25, 0.3) is 23.3 Å². The SMILES string of the molecule is C/C(C#N)=C\C=C\c1ccc(/C(C)=C/C=C(\C)c2ccc(/C=C/C=C(\N)C#N)o2)o1. The minimum Gasteiger partial charge on any atom is -0.457 e. The van der Waals surface area contributed by atoms with E-state index in [0.717, 1.165) is 22.7 Å². The first kappa shape index (κ1) is 22.1. The van der Waals surface area contributed by atoms with E-state index in [1.165, 1.54) is 6.08 Å². The second-order valence-electron chi connectivity index (χ2n) is 6.52. The van der Waals surface area contributed by atoms with Gasteiger partial charge < -0.3 is 14.6 Å². The predicted octanol–water partition coefficient (Wildman–Crippen LogP) is 6.24. The van der Waals surface area contributed by atoms with Crippen LogP contribution in [0, 0.1) is 22.7 Å². The van der Waals surface area contributed by atoms with Crippen molar-refractivity contribution in [1.29, 1.82) is 10.5 Å². The molecule has 0 spiro atoms. The summed E-state index contributed by atoms with van der Waals surface area (Å²) in [5, 5.41) is 17.4. The van der Waals surface area contributed by atoms with Crippen molar-refractivity contribution in [2.75, 3.05) is 0 Å². The zero-order valence-electron chi connectivity index (χ0n) is 17.2. The highest BCUT2D eigenvalue weighted by Gasteiger charge is 2.03. The Morgan fingerprint density at radius 3 is 1.73 bits per heavy atom. The molecule has 5 heteroatoms. The number of hydrogen-bond acceptors (Lipinski definition) is 5. The summed E-state index contributed by atoms with van der Waals surface area (Å²) >= 11 is 0. The zero-order valence-corrected chi connectivity index (χ0v) is 17.2. The summed E-state index contributed by atoms with van der Waals surface area (Å²) < 4.78 is 11.6. The topological polar surface area (TPSA) is 99.9 Å². The van der Waals surface area contributed by atoms with Gasteiger partial charge in [0.1, 0.15) is 34.8 Å². The van der Waals surface area contributed by atoms with Gasteiger partial charge in [-0.2, -0.15) is 10.5 Å². The van der Waals surface area contributed by atoms with E-state index in [2.05, 4.69) is 6.07 Å². The predicted molar refractivity (Wildman–Crippen MR) is 120 cm³/mol. The number of rotatable bonds is 7. The van der Waals surface area contributed by atoms with Gasteiger partial charge in [0.2, 0.25) is 0 Å². The van der Waals surface area contributed by atoms with Gasteiger partial charge in [0.05, 0.1) is 6.07 Å². The Morgan fingerprint density at radius 2 is 1.27 bits per heavy atom. The molecule has 2 aromatic heterocycles. The Bertz CT molecular complexity index is 1060. The summed E-state index contributed by atoms with van der Waals surface area (Å²) in [6.45, 7) is 5.68. The van der Waals surface area contributed by atoms with Crippen molar-refractivity contribution < 1.29 is 8.83 Å². The van der Waals surface area contributed by atoms with E-state index in [9.17, 15) is 0 Å². The Hall–Kier alpha value is -4.22. The lowest BCUT2D eigenvalue weighted by Crippen LogP contribution is -1.90. The van der Waals surface area contributed by atoms with Gasteiger partial charge in [0, 0.05) is 5.57 Å². The molecule has 2 aromatic rings. The molecule has 2 rings (SSSR count). The fourth-order valence-electron chi connectivity index (χ4n) is 2.33. The molecule has 0 aromatic carbocycles. The minimum atomic E-state index is 0.139. The average molecular weight is 397 g/mol. The van der Waals surface area contributed by atoms with Gasteiger partial charge in [-0.3, -0.25) is 0 Å². The molecular weight excluding hydrogens is 374 g/mol. The van der Waals surface area contributed by atoms with Crippen molar-refractivity contribution in [3.05, 3.63) is 95.0 Å². The number of furan rings is 2. The molecule has 0 unspecified atom stereocenters. The Balaban J connectivity index is 2.07. The third kappa shape index (κ3) is 6.74. The molecule has 0 radical (unpaired) electrons. The average Bonchev–Trinajstić information content (AvgIpc) is 3.41. The number of nitrogens with zero attached hydrogens (tertiary/aromatic N) is 2. The van der Waals surface area contributed by atoms with Crippen molar-refractivity contribution in [3.63, 3.8) is 0 Å². The molecular formula is C25H23N3O2. The summed E-state index contributed by atoms with van der Waals surface area (Å²) in [4.78, 5) is 0. The number of nitriles is 2. The fourth-order valence-corrected chi connectivity index (χ4v) is 2.33. The van der Waals surface area contributed by atoms with Crippen molar-refractivity contribution >= 4 is 23.3 Å². The van der Waals surface area contributed by atoms with E-state index in [1.807, 2.05) is 62.4 Å². The molecule has 2 heterocycles. The van der Waals surface area contributed by atoms with Crippen LogP contribution in [0.3, 0.4) is 0 Å². The van der Waals surface area contributed by atoms with Crippen LogP contribution in [0.4, 0.5) is 0 Å². The van der Waals surface area contributed by atoms with Gasteiger partial charge in [-0.15, -0.1) is 0 Å². The third-order valence-electron chi connectivity index (χ3n) is 4.06. The van der Waals surface area contributed by atoms with E-state index in [0.29, 0.717) is 17.1 Å². The molecule has 30 heavy (non-hydrogen) atoms. The Morgan fingerprint density at radius 1 is 0.767 bits per heavy atom. The molecule has 0 aliphatic rings. The van der Waals surface area contributed by atoms with Crippen LogP contribution in [-0.4, -0.2) is 0 Å². The molecule has 2 N–H and O–H groups in total. The van der Waals surface area contributed by atoms with Gasteiger partial charge in [-0.05, 0) is 80.5 Å². The number of allylic oxidation sites excluding steroid dienone is 10. The molecule has 150 valence electrons. The van der Waals surface area contributed by atoms with E-state index in [1.54, 1.807) is 31.2 Å². The summed E-state index contributed by atoms with van der Waals surface area (Å²) in [5.74, 6) is 2.90. The van der Waals surface area contributed by atoms with Gasteiger partial charge in [0.25, 0.3) is 0 Å². The maximum Gasteiger partial charge on any atom is 0.130 e. The van der Waals surface area contributed by atoms with Crippen LogP contribution in [0.2, 0.25) is 0 Å². The Kier molecular flexibility index (Phi) is 8.05. The van der Waals surface area contributed by atoms with Crippen LogP contribution in [0.1, 0.15) is 43.8 Å². The third-order valence-corrected chi connectivity index (χ3v) is 4.06. The lowest BCUT2D eigenvalue weighted by atomic mass is 10.1. The summed E-state index contributed by atoms with van der Waals surface area (Å²) in [5.41, 5.74) is 8.14. The first-order valence-electron chi connectivity index (χ1n) is 9.27. The van der Waals surface area contributed by atoms with Crippen molar-refractivity contribution in [2.24, 2.45) is 5.73 Å². The van der Waals surface area contributed by atoms with Gasteiger partial charge in [0.15, 0.2) is 0 Å². The Labute approximate surface area is 176 Å². The standard InChI is InChI=1S/C25H23N3O2/c1-18(16-26)6-4-8-22-12-14-24(29-22)19(2)10-11-20(3)25-15-13-23(30-25)9-5-7-21(28)17-27/h4-15H,28H2,1-3H3/b8-4+,9-5+,18-6+,19-10+,20-11+,21-7-. The summed E-state index contributed by atoms with van der Waals surface area (Å²) in [6, 6.07) is 11.4. The van der Waals surface area contributed by atoms with Gasteiger partial charge in [-0.1, -0.05) is 24.3 Å². The maximum atomic E-state index is 8.75. The van der Waals surface area contributed by atoms with E-state index < -0.39 is 0 Å². The second-order valence-corrected chi connectivity index (χ2v) is 6.52. The van der Waals surface area contributed by atoms with Crippen LogP contribution < -0.4 is 5.73 Å². The first-order valence-corrected chi connectivity index (χ1v) is 9.27.